The minimum Gasteiger partial charge on any atom is -0.207 e. The molecule has 18 heavy (non-hydrogen) atoms. The Balaban J connectivity index is 2.16. The monoisotopic (exact) mass is 346 g/mol. The predicted octanol–water partition coefficient (Wildman–Crippen LogP) is 5.76. The lowest BCUT2D eigenvalue weighted by atomic mass is 10.0. The highest BCUT2D eigenvalue weighted by Crippen LogP contribution is 2.30. The highest BCUT2D eigenvalue weighted by atomic mass is 79.9. The fourth-order valence-corrected chi connectivity index (χ4v) is 2.45. The summed E-state index contributed by atoms with van der Waals surface area (Å²) in [6.45, 7) is 0. The fourth-order valence-electron chi connectivity index (χ4n) is 1.70. The molecule has 2 aromatic rings. The molecule has 0 aliphatic rings. The molecule has 0 radical (unpaired) electrons. The van der Waals surface area contributed by atoms with Gasteiger partial charge in [-0.25, -0.2) is 4.39 Å². The Morgan fingerprint density at radius 3 is 2.61 bits per heavy atom. The van der Waals surface area contributed by atoms with Crippen LogP contribution < -0.4 is 0 Å². The van der Waals surface area contributed by atoms with Gasteiger partial charge in [0.2, 0.25) is 0 Å². The zero-order valence-corrected chi connectivity index (χ0v) is 12.4. The van der Waals surface area contributed by atoms with Crippen molar-refractivity contribution in [1.82, 2.24) is 0 Å². The van der Waals surface area contributed by atoms with Crippen LogP contribution in [0.25, 0.3) is 0 Å². The van der Waals surface area contributed by atoms with Crippen LogP contribution in [0.5, 0.6) is 0 Å². The average molecular weight is 348 g/mol. The van der Waals surface area contributed by atoms with E-state index in [1.165, 1.54) is 12.1 Å². The minimum atomic E-state index is -0.245. The first-order chi connectivity index (χ1) is 8.56. The van der Waals surface area contributed by atoms with Crippen molar-refractivity contribution in [2.24, 2.45) is 0 Å². The van der Waals surface area contributed by atoms with Crippen LogP contribution in [0.1, 0.15) is 16.5 Å². The topological polar surface area (TPSA) is 0 Å². The molecule has 0 amide bonds. The van der Waals surface area contributed by atoms with Crippen LogP contribution >= 0.6 is 39.1 Å². The molecule has 4 heteroatoms. The normalized spacial score (nSPS) is 12.4. The summed E-state index contributed by atoms with van der Waals surface area (Å²) in [4.78, 5) is 0. The molecule has 1 unspecified atom stereocenters. The van der Waals surface area contributed by atoms with E-state index in [9.17, 15) is 4.39 Å². The van der Waals surface area contributed by atoms with Gasteiger partial charge in [0.05, 0.1) is 10.4 Å². The summed E-state index contributed by atoms with van der Waals surface area (Å²) < 4.78 is 13.9. The molecular weight excluding hydrogens is 338 g/mol. The van der Waals surface area contributed by atoms with E-state index < -0.39 is 0 Å². The van der Waals surface area contributed by atoms with Crippen molar-refractivity contribution >= 4 is 39.1 Å². The molecule has 0 heterocycles. The highest BCUT2D eigenvalue weighted by molar-refractivity contribution is 9.10. The van der Waals surface area contributed by atoms with E-state index in [2.05, 4.69) is 15.9 Å². The minimum absolute atomic E-state index is 0.225. The number of hydrogen-bond donors (Lipinski definition) is 0. The fraction of sp³-hybridized carbons (Fsp3) is 0.143. The molecule has 0 aliphatic heterocycles. The van der Waals surface area contributed by atoms with Crippen LogP contribution in [0.4, 0.5) is 4.39 Å². The van der Waals surface area contributed by atoms with Gasteiger partial charge in [-0.05, 0) is 57.7 Å². The summed E-state index contributed by atoms with van der Waals surface area (Å²) in [5, 5.41) is 0.398. The lowest BCUT2D eigenvalue weighted by molar-refractivity contribution is 0.625. The Morgan fingerprint density at radius 1 is 1.17 bits per heavy atom. The largest absolute Gasteiger partial charge is 0.207 e. The molecule has 2 aromatic carbocycles. The second-order valence-electron chi connectivity index (χ2n) is 3.98. The Kier molecular flexibility index (Phi) is 4.66. The van der Waals surface area contributed by atoms with E-state index in [1.807, 2.05) is 24.3 Å². The maximum Gasteiger partial charge on any atom is 0.123 e. The molecule has 0 saturated carbocycles. The molecule has 0 fully saturated rings. The van der Waals surface area contributed by atoms with Gasteiger partial charge in [0.15, 0.2) is 0 Å². The van der Waals surface area contributed by atoms with Gasteiger partial charge in [-0.15, -0.1) is 11.6 Å². The Labute approximate surface area is 124 Å². The lowest BCUT2D eigenvalue weighted by Crippen LogP contribution is -1.96. The van der Waals surface area contributed by atoms with Crippen molar-refractivity contribution in [3.8, 4) is 0 Å². The zero-order valence-electron chi connectivity index (χ0n) is 9.34. The van der Waals surface area contributed by atoms with Crippen LogP contribution in [0.2, 0.25) is 5.02 Å². The Morgan fingerprint density at radius 2 is 1.94 bits per heavy atom. The number of benzene rings is 2. The molecule has 1 atom stereocenters. The number of hydrogen-bond acceptors (Lipinski definition) is 0. The average Bonchev–Trinajstić information content (AvgIpc) is 2.32. The van der Waals surface area contributed by atoms with Gasteiger partial charge < -0.3 is 0 Å². The lowest BCUT2D eigenvalue weighted by Gasteiger charge is -2.11. The zero-order chi connectivity index (χ0) is 13.1. The van der Waals surface area contributed by atoms with Crippen molar-refractivity contribution in [3.63, 3.8) is 0 Å². The summed E-state index contributed by atoms with van der Waals surface area (Å²) in [6, 6.07) is 12.1. The van der Waals surface area contributed by atoms with Gasteiger partial charge >= 0.3 is 0 Å². The van der Waals surface area contributed by atoms with Crippen molar-refractivity contribution in [3.05, 3.63) is 68.9 Å². The quantitative estimate of drug-likeness (QED) is 0.619. The van der Waals surface area contributed by atoms with E-state index in [0.717, 1.165) is 15.6 Å². The molecule has 0 nitrogen and oxygen atoms in total. The number of halogens is 4. The molecule has 2 rings (SSSR count). The van der Waals surface area contributed by atoms with Crippen molar-refractivity contribution in [2.45, 2.75) is 11.8 Å². The summed E-state index contributed by atoms with van der Waals surface area (Å²) in [6.07, 6.45) is 0.567. The van der Waals surface area contributed by atoms with E-state index >= 15 is 0 Å². The molecule has 0 N–H and O–H groups in total. The van der Waals surface area contributed by atoms with Gasteiger partial charge in [-0.2, -0.15) is 0 Å². The van der Waals surface area contributed by atoms with Gasteiger partial charge in [0.1, 0.15) is 5.82 Å². The Bertz CT molecular complexity index is 557. The summed E-state index contributed by atoms with van der Waals surface area (Å²) in [5.41, 5.74) is 1.79. The first-order valence-corrected chi connectivity index (χ1v) is 7.00. The van der Waals surface area contributed by atoms with Crippen LogP contribution in [0, 0.1) is 5.82 Å². The van der Waals surface area contributed by atoms with Crippen LogP contribution in [0.15, 0.2) is 46.9 Å². The molecule has 0 aromatic heterocycles. The van der Waals surface area contributed by atoms with Gasteiger partial charge in [-0.3, -0.25) is 0 Å². The smallest absolute Gasteiger partial charge is 0.123 e. The summed E-state index contributed by atoms with van der Waals surface area (Å²) in [7, 11) is 0. The maximum absolute atomic E-state index is 13.1. The molecule has 0 aliphatic carbocycles. The van der Waals surface area contributed by atoms with Crippen LogP contribution in [-0.4, -0.2) is 0 Å². The predicted molar refractivity (Wildman–Crippen MR) is 77.9 cm³/mol. The summed E-state index contributed by atoms with van der Waals surface area (Å²) in [5.74, 6) is -0.245. The van der Waals surface area contributed by atoms with Crippen molar-refractivity contribution in [2.75, 3.05) is 0 Å². The molecular formula is C14H10BrCl2F. The van der Waals surface area contributed by atoms with E-state index in [-0.39, 0.29) is 11.2 Å². The van der Waals surface area contributed by atoms with Gasteiger partial charge in [0, 0.05) is 4.47 Å². The van der Waals surface area contributed by atoms with E-state index in [4.69, 9.17) is 23.2 Å². The van der Waals surface area contributed by atoms with Gasteiger partial charge in [-0.1, -0.05) is 29.8 Å². The Hall–Kier alpha value is -0.570. The van der Waals surface area contributed by atoms with Crippen molar-refractivity contribution < 1.29 is 4.39 Å². The maximum atomic E-state index is 13.1. The number of rotatable bonds is 3. The first kappa shape index (κ1) is 13.9. The van der Waals surface area contributed by atoms with Gasteiger partial charge in [0.25, 0.3) is 0 Å². The third-order valence-corrected chi connectivity index (χ3v) is 4.25. The molecule has 0 saturated heterocycles. The van der Waals surface area contributed by atoms with Crippen molar-refractivity contribution in [1.29, 1.82) is 0 Å². The molecule has 0 bridgehead atoms. The molecule has 0 spiro atoms. The van der Waals surface area contributed by atoms with E-state index in [0.29, 0.717) is 11.4 Å². The summed E-state index contributed by atoms with van der Waals surface area (Å²) >= 11 is 15.7. The second-order valence-corrected chi connectivity index (χ2v) is 5.76. The SMILES string of the molecule is Fc1cccc(CC(Cl)c2ccc(Br)c(Cl)c2)c1. The second kappa shape index (κ2) is 6.05. The number of alkyl halides is 1. The third kappa shape index (κ3) is 3.47. The third-order valence-electron chi connectivity index (χ3n) is 2.61. The standard InChI is InChI=1S/C14H10BrCl2F/c15-12-5-4-10(8-14(12)17)13(16)7-9-2-1-3-11(18)6-9/h1-6,8,13H,7H2. The van der Waals surface area contributed by atoms with E-state index in [1.54, 1.807) is 6.07 Å². The van der Waals surface area contributed by atoms with Crippen LogP contribution in [-0.2, 0) is 6.42 Å². The highest BCUT2D eigenvalue weighted by Gasteiger charge is 2.11. The molecule has 94 valence electrons. The van der Waals surface area contributed by atoms with Crippen LogP contribution in [0.3, 0.4) is 0 Å². The first-order valence-electron chi connectivity index (χ1n) is 5.40.